The largest absolute Gasteiger partial charge is 0.377 e. The van der Waals surface area contributed by atoms with Crippen LogP contribution < -0.4 is 5.73 Å². The van der Waals surface area contributed by atoms with E-state index in [4.69, 9.17) is 10.8 Å². The van der Waals surface area contributed by atoms with E-state index in [2.05, 4.69) is 18.0 Å². The van der Waals surface area contributed by atoms with Crippen LogP contribution in [-0.4, -0.2) is 24.1 Å². The molecular formula is C9H18N2O. The van der Waals surface area contributed by atoms with Gasteiger partial charge in [0.25, 0.3) is 0 Å². The highest BCUT2D eigenvalue weighted by Gasteiger charge is 1.89. The van der Waals surface area contributed by atoms with Crippen LogP contribution in [0.1, 0.15) is 26.7 Å². The average Bonchev–Trinajstić information content (AvgIpc) is 2.00. The van der Waals surface area contributed by atoms with Crippen LogP contribution in [-0.2, 0) is 0 Å². The number of rotatable bonds is 5. The van der Waals surface area contributed by atoms with Crippen LogP contribution in [0, 0.1) is 0 Å². The molecule has 0 fully saturated rings. The normalized spacial score (nSPS) is 15.5. The van der Waals surface area contributed by atoms with Gasteiger partial charge >= 0.3 is 0 Å². The van der Waals surface area contributed by atoms with Crippen LogP contribution in [0.5, 0.6) is 0 Å². The predicted octanol–water partition coefficient (Wildman–Crippen LogP) is 1.08. The molecule has 3 heteroatoms. The number of aliphatic hydroxyl groups is 1. The van der Waals surface area contributed by atoms with Gasteiger partial charge in [0.15, 0.2) is 0 Å². The summed E-state index contributed by atoms with van der Waals surface area (Å²) in [4.78, 5) is 3.96. The van der Waals surface area contributed by atoms with E-state index < -0.39 is 6.23 Å². The lowest BCUT2D eigenvalue weighted by atomic mass is 10.2. The summed E-state index contributed by atoms with van der Waals surface area (Å²) in [5.41, 5.74) is 6.22. The molecule has 0 saturated heterocycles. The fourth-order valence-electron chi connectivity index (χ4n) is 0.729. The van der Waals surface area contributed by atoms with Crippen LogP contribution in [0.4, 0.5) is 0 Å². The molecular weight excluding hydrogens is 152 g/mol. The molecule has 70 valence electrons. The van der Waals surface area contributed by atoms with Gasteiger partial charge in [0.05, 0.1) is 6.54 Å². The summed E-state index contributed by atoms with van der Waals surface area (Å²) >= 11 is 0. The zero-order valence-corrected chi connectivity index (χ0v) is 7.83. The molecule has 0 rings (SSSR count). The van der Waals surface area contributed by atoms with Crippen molar-refractivity contribution in [1.29, 1.82) is 0 Å². The van der Waals surface area contributed by atoms with Gasteiger partial charge in [-0.3, -0.25) is 4.99 Å². The minimum Gasteiger partial charge on any atom is -0.377 e. The van der Waals surface area contributed by atoms with Gasteiger partial charge in [-0.25, -0.2) is 0 Å². The van der Waals surface area contributed by atoms with E-state index in [9.17, 15) is 0 Å². The summed E-state index contributed by atoms with van der Waals surface area (Å²) < 4.78 is 0. The molecule has 0 aliphatic carbocycles. The minimum atomic E-state index is -0.833. The first kappa shape index (κ1) is 11.3. The smallest absolute Gasteiger partial charge is 0.122 e. The van der Waals surface area contributed by atoms with Crippen LogP contribution in [0.25, 0.3) is 0 Å². The van der Waals surface area contributed by atoms with E-state index in [1.807, 2.05) is 6.92 Å². The highest BCUT2D eigenvalue weighted by atomic mass is 16.3. The predicted molar refractivity (Wildman–Crippen MR) is 52.2 cm³/mol. The SMILES string of the molecule is CCC/C=C(/C)C=NCC(N)O. The number of nitrogens with zero attached hydrogens (tertiary/aromatic N) is 1. The molecule has 1 atom stereocenters. The number of nitrogens with two attached hydrogens (primary N) is 1. The lowest BCUT2D eigenvalue weighted by Crippen LogP contribution is -2.22. The minimum absolute atomic E-state index is 0.275. The van der Waals surface area contributed by atoms with Crippen molar-refractivity contribution in [3.05, 3.63) is 11.6 Å². The summed E-state index contributed by atoms with van der Waals surface area (Å²) in [5, 5.41) is 8.69. The van der Waals surface area contributed by atoms with Crippen molar-refractivity contribution in [1.82, 2.24) is 0 Å². The molecule has 3 N–H and O–H groups in total. The Morgan fingerprint density at radius 3 is 2.83 bits per heavy atom. The van der Waals surface area contributed by atoms with Gasteiger partial charge in [-0.2, -0.15) is 0 Å². The lowest BCUT2D eigenvalue weighted by molar-refractivity contribution is 0.191. The Balaban J connectivity index is 3.66. The molecule has 0 aromatic heterocycles. The number of unbranched alkanes of at least 4 members (excludes halogenated alkanes) is 1. The third-order valence-electron chi connectivity index (χ3n) is 1.34. The Labute approximate surface area is 74.0 Å². The van der Waals surface area contributed by atoms with Gasteiger partial charge in [0.1, 0.15) is 6.23 Å². The van der Waals surface area contributed by atoms with Crippen LogP contribution in [0.2, 0.25) is 0 Å². The Bertz CT molecular complexity index is 162. The van der Waals surface area contributed by atoms with Crippen molar-refractivity contribution in [2.24, 2.45) is 10.7 Å². The summed E-state index contributed by atoms with van der Waals surface area (Å²) in [5.74, 6) is 0. The highest BCUT2D eigenvalue weighted by Crippen LogP contribution is 1.94. The number of aliphatic hydroxyl groups excluding tert-OH is 1. The molecule has 0 saturated carbocycles. The van der Waals surface area contributed by atoms with Gasteiger partial charge in [0, 0.05) is 6.21 Å². The third kappa shape index (κ3) is 7.44. The molecule has 12 heavy (non-hydrogen) atoms. The fourth-order valence-corrected chi connectivity index (χ4v) is 0.729. The van der Waals surface area contributed by atoms with E-state index in [0.29, 0.717) is 0 Å². The maximum Gasteiger partial charge on any atom is 0.122 e. The standard InChI is InChI=1S/C9H18N2O/c1-3-4-5-8(2)6-11-7-9(10)12/h5-6,9,12H,3-4,7,10H2,1-2H3/b8-5-,11-6?. The number of hydrogen-bond donors (Lipinski definition) is 2. The molecule has 0 heterocycles. The van der Waals surface area contributed by atoms with Crippen molar-refractivity contribution < 1.29 is 5.11 Å². The maximum atomic E-state index is 8.69. The van der Waals surface area contributed by atoms with Crippen molar-refractivity contribution in [2.75, 3.05) is 6.54 Å². The molecule has 0 radical (unpaired) electrons. The van der Waals surface area contributed by atoms with Gasteiger partial charge < -0.3 is 10.8 Å². The Morgan fingerprint density at radius 1 is 1.67 bits per heavy atom. The molecule has 0 spiro atoms. The topological polar surface area (TPSA) is 58.6 Å². The zero-order chi connectivity index (χ0) is 9.40. The third-order valence-corrected chi connectivity index (χ3v) is 1.34. The van der Waals surface area contributed by atoms with Gasteiger partial charge in [0.2, 0.25) is 0 Å². The highest BCUT2D eigenvalue weighted by molar-refractivity contribution is 5.77. The summed E-state index contributed by atoms with van der Waals surface area (Å²) in [6, 6.07) is 0. The molecule has 0 bridgehead atoms. The first-order valence-corrected chi connectivity index (χ1v) is 4.27. The molecule has 0 amide bonds. The van der Waals surface area contributed by atoms with Crippen LogP contribution in [0.3, 0.4) is 0 Å². The quantitative estimate of drug-likeness (QED) is 0.479. The van der Waals surface area contributed by atoms with Crippen LogP contribution >= 0.6 is 0 Å². The Kier molecular flexibility index (Phi) is 6.61. The van der Waals surface area contributed by atoms with E-state index in [-0.39, 0.29) is 6.54 Å². The van der Waals surface area contributed by atoms with Gasteiger partial charge in [-0.05, 0) is 18.9 Å². The molecule has 0 aromatic rings. The monoisotopic (exact) mass is 170 g/mol. The van der Waals surface area contributed by atoms with E-state index >= 15 is 0 Å². The Morgan fingerprint density at radius 2 is 2.33 bits per heavy atom. The molecule has 1 unspecified atom stereocenters. The maximum absolute atomic E-state index is 8.69. The molecule has 0 aliphatic rings. The van der Waals surface area contributed by atoms with Crippen molar-refractivity contribution in [2.45, 2.75) is 32.9 Å². The molecule has 3 nitrogen and oxygen atoms in total. The second-order valence-electron chi connectivity index (χ2n) is 2.80. The number of allylic oxidation sites excluding steroid dienone is 2. The number of aliphatic imine (C=N–C) groups is 1. The molecule has 0 aliphatic heterocycles. The average molecular weight is 170 g/mol. The zero-order valence-electron chi connectivity index (χ0n) is 7.83. The van der Waals surface area contributed by atoms with Gasteiger partial charge in [-0.15, -0.1) is 0 Å². The lowest BCUT2D eigenvalue weighted by Gasteiger charge is -1.97. The first-order valence-electron chi connectivity index (χ1n) is 4.27. The van der Waals surface area contributed by atoms with E-state index in [1.165, 1.54) is 0 Å². The first-order chi connectivity index (χ1) is 5.66. The fraction of sp³-hybridized carbons (Fsp3) is 0.667. The second-order valence-corrected chi connectivity index (χ2v) is 2.80. The Hall–Kier alpha value is -0.670. The van der Waals surface area contributed by atoms with Crippen molar-refractivity contribution in [3.8, 4) is 0 Å². The summed E-state index contributed by atoms with van der Waals surface area (Å²) in [7, 11) is 0. The van der Waals surface area contributed by atoms with Crippen LogP contribution in [0.15, 0.2) is 16.6 Å². The van der Waals surface area contributed by atoms with Crippen molar-refractivity contribution in [3.63, 3.8) is 0 Å². The van der Waals surface area contributed by atoms with E-state index in [0.717, 1.165) is 18.4 Å². The summed E-state index contributed by atoms with van der Waals surface area (Å²) in [6.07, 6.45) is 5.24. The molecule has 0 aromatic carbocycles. The second kappa shape index (κ2) is 7.00. The number of hydrogen-bond acceptors (Lipinski definition) is 3. The van der Waals surface area contributed by atoms with Gasteiger partial charge in [-0.1, -0.05) is 19.4 Å². The van der Waals surface area contributed by atoms with Crippen molar-refractivity contribution >= 4 is 6.21 Å². The summed E-state index contributed by atoms with van der Waals surface area (Å²) in [6.45, 7) is 4.39. The van der Waals surface area contributed by atoms with E-state index in [1.54, 1.807) is 6.21 Å².